The van der Waals surface area contributed by atoms with E-state index in [2.05, 4.69) is 10.0 Å². The van der Waals surface area contributed by atoms with Crippen LogP contribution in [0.25, 0.3) is 0 Å². The summed E-state index contributed by atoms with van der Waals surface area (Å²) in [6, 6.07) is 8.88. The topological polar surface area (TPSA) is 103 Å². The first-order valence-corrected chi connectivity index (χ1v) is 10.7. The molecule has 0 spiro atoms. The molecule has 1 aliphatic rings. The summed E-state index contributed by atoms with van der Waals surface area (Å²) in [6.07, 6.45) is 0. The van der Waals surface area contributed by atoms with E-state index in [1.54, 1.807) is 32.0 Å². The third-order valence-electron chi connectivity index (χ3n) is 3.79. The van der Waals surface area contributed by atoms with Gasteiger partial charge >= 0.3 is 0 Å². The van der Waals surface area contributed by atoms with Crippen molar-refractivity contribution in [3.05, 3.63) is 41.4 Å². The van der Waals surface area contributed by atoms with Crippen molar-refractivity contribution in [2.45, 2.75) is 24.8 Å². The zero-order chi connectivity index (χ0) is 21.0. The molecular formula is C19H21ClN2O6S. The zero-order valence-electron chi connectivity index (χ0n) is 15.9. The van der Waals surface area contributed by atoms with E-state index >= 15 is 0 Å². The Bertz CT molecular complexity index is 1010. The Morgan fingerprint density at radius 3 is 2.55 bits per heavy atom. The van der Waals surface area contributed by atoms with Gasteiger partial charge in [0.05, 0.1) is 9.92 Å². The van der Waals surface area contributed by atoms with Crippen molar-refractivity contribution in [1.29, 1.82) is 0 Å². The molecule has 0 aliphatic carbocycles. The summed E-state index contributed by atoms with van der Waals surface area (Å²) in [4.78, 5) is 12.2. The van der Waals surface area contributed by atoms with Crippen LogP contribution in [0.15, 0.2) is 41.3 Å². The predicted molar refractivity (Wildman–Crippen MR) is 108 cm³/mol. The maximum atomic E-state index is 12.2. The number of amides is 1. The lowest BCUT2D eigenvalue weighted by Crippen LogP contribution is -2.30. The molecule has 1 heterocycles. The number of nitrogens with one attached hydrogen (secondary N) is 2. The molecule has 0 saturated heterocycles. The number of carbonyl (C=O) groups is 1. The molecule has 29 heavy (non-hydrogen) atoms. The highest BCUT2D eigenvalue weighted by molar-refractivity contribution is 7.89. The number of hydrogen-bond donors (Lipinski definition) is 2. The van der Waals surface area contributed by atoms with Gasteiger partial charge in [0.2, 0.25) is 10.0 Å². The first kappa shape index (κ1) is 21.2. The van der Waals surface area contributed by atoms with Gasteiger partial charge in [-0.1, -0.05) is 11.6 Å². The van der Waals surface area contributed by atoms with Crippen LogP contribution >= 0.6 is 11.6 Å². The first-order chi connectivity index (χ1) is 13.7. The van der Waals surface area contributed by atoms with E-state index in [1.807, 2.05) is 0 Å². The molecule has 0 saturated carbocycles. The van der Waals surface area contributed by atoms with Crippen LogP contribution in [-0.4, -0.2) is 40.2 Å². The fraction of sp³-hybridized carbons (Fsp3) is 0.316. The number of anilines is 1. The summed E-state index contributed by atoms with van der Waals surface area (Å²) in [6.45, 7) is 4.07. The number of rotatable bonds is 7. The fourth-order valence-corrected chi connectivity index (χ4v) is 4.18. The van der Waals surface area contributed by atoms with Gasteiger partial charge in [0.25, 0.3) is 5.91 Å². The van der Waals surface area contributed by atoms with Gasteiger partial charge in [-0.05, 0) is 44.2 Å². The molecule has 8 nitrogen and oxygen atoms in total. The predicted octanol–water partition coefficient (Wildman–Crippen LogP) is 2.82. The van der Waals surface area contributed by atoms with Crippen LogP contribution in [0, 0.1) is 0 Å². The standard InChI is InChI=1S/C19H21ClN2O6S/c1-12(2)22-29(24,25)14-4-6-16(15(20)10-14)28-11-19(23)21-13-3-5-17-18(9-13)27-8-7-26-17/h3-6,9-10,12,22H,7-8,11H2,1-2H3,(H,21,23). The average Bonchev–Trinajstić information content (AvgIpc) is 2.66. The summed E-state index contributed by atoms with van der Waals surface area (Å²) < 4.78 is 43.2. The summed E-state index contributed by atoms with van der Waals surface area (Å²) in [5.41, 5.74) is 0.537. The molecule has 2 N–H and O–H groups in total. The zero-order valence-corrected chi connectivity index (χ0v) is 17.5. The Morgan fingerprint density at radius 2 is 1.86 bits per heavy atom. The number of benzene rings is 2. The van der Waals surface area contributed by atoms with Gasteiger partial charge in [-0.25, -0.2) is 13.1 Å². The molecule has 0 bridgehead atoms. The number of fused-ring (bicyclic) bond motifs is 1. The highest BCUT2D eigenvalue weighted by Gasteiger charge is 2.18. The lowest BCUT2D eigenvalue weighted by atomic mass is 10.2. The lowest BCUT2D eigenvalue weighted by molar-refractivity contribution is -0.118. The van der Waals surface area contributed by atoms with E-state index in [0.29, 0.717) is 30.4 Å². The highest BCUT2D eigenvalue weighted by Crippen LogP contribution is 2.32. The van der Waals surface area contributed by atoms with Gasteiger partial charge in [0.15, 0.2) is 18.1 Å². The third-order valence-corrected chi connectivity index (χ3v) is 5.74. The average molecular weight is 441 g/mol. The summed E-state index contributed by atoms with van der Waals surface area (Å²) in [5, 5.41) is 2.78. The summed E-state index contributed by atoms with van der Waals surface area (Å²) in [5.74, 6) is 0.979. The van der Waals surface area contributed by atoms with Crippen LogP contribution in [0.5, 0.6) is 17.2 Å². The molecule has 0 atom stereocenters. The van der Waals surface area contributed by atoms with Gasteiger partial charge in [0.1, 0.15) is 19.0 Å². The fourth-order valence-electron chi connectivity index (χ4n) is 2.61. The summed E-state index contributed by atoms with van der Waals surface area (Å²) in [7, 11) is -3.67. The van der Waals surface area contributed by atoms with Crippen molar-refractivity contribution in [2.75, 3.05) is 25.1 Å². The Labute approximate surface area is 174 Å². The maximum Gasteiger partial charge on any atom is 0.262 e. The molecular weight excluding hydrogens is 420 g/mol. The second kappa shape index (κ2) is 8.89. The number of sulfonamides is 1. The van der Waals surface area contributed by atoms with Gasteiger partial charge < -0.3 is 19.5 Å². The molecule has 0 fully saturated rings. The minimum Gasteiger partial charge on any atom is -0.486 e. The van der Waals surface area contributed by atoms with E-state index in [1.165, 1.54) is 18.2 Å². The van der Waals surface area contributed by atoms with Crippen molar-refractivity contribution in [2.24, 2.45) is 0 Å². The van der Waals surface area contributed by atoms with Crippen LogP contribution in [0.3, 0.4) is 0 Å². The minimum absolute atomic E-state index is 0.0179. The smallest absolute Gasteiger partial charge is 0.262 e. The molecule has 0 unspecified atom stereocenters. The molecule has 3 rings (SSSR count). The van der Waals surface area contributed by atoms with Crippen molar-refractivity contribution in [1.82, 2.24) is 4.72 Å². The third kappa shape index (κ3) is 5.53. The Morgan fingerprint density at radius 1 is 1.14 bits per heavy atom. The van der Waals surface area contributed by atoms with E-state index in [9.17, 15) is 13.2 Å². The number of hydrogen-bond acceptors (Lipinski definition) is 6. The SMILES string of the molecule is CC(C)NS(=O)(=O)c1ccc(OCC(=O)Nc2ccc3c(c2)OCCO3)c(Cl)c1. The minimum atomic E-state index is -3.67. The van der Waals surface area contributed by atoms with Crippen molar-refractivity contribution >= 4 is 33.2 Å². The van der Waals surface area contributed by atoms with Crippen LogP contribution in [0.4, 0.5) is 5.69 Å². The van der Waals surface area contributed by atoms with E-state index < -0.39 is 15.9 Å². The van der Waals surface area contributed by atoms with Crippen molar-refractivity contribution < 1.29 is 27.4 Å². The van der Waals surface area contributed by atoms with Crippen molar-refractivity contribution in [3.63, 3.8) is 0 Å². The first-order valence-electron chi connectivity index (χ1n) is 8.89. The summed E-state index contributed by atoms with van der Waals surface area (Å²) >= 11 is 6.12. The number of ether oxygens (including phenoxy) is 3. The van der Waals surface area contributed by atoms with Gasteiger partial charge in [0, 0.05) is 17.8 Å². The monoisotopic (exact) mass is 440 g/mol. The Balaban J connectivity index is 1.60. The molecule has 1 amide bonds. The lowest BCUT2D eigenvalue weighted by Gasteiger charge is -2.19. The molecule has 0 radical (unpaired) electrons. The molecule has 2 aromatic rings. The second-order valence-electron chi connectivity index (χ2n) is 6.56. The quantitative estimate of drug-likeness (QED) is 0.686. The van der Waals surface area contributed by atoms with Crippen LogP contribution < -0.4 is 24.2 Å². The number of halogens is 1. The number of carbonyl (C=O) groups excluding carboxylic acids is 1. The second-order valence-corrected chi connectivity index (χ2v) is 8.68. The maximum absolute atomic E-state index is 12.2. The molecule has 0 aromatic heterocycles. The van der Waals surface area contributed by atoms with Gasteiger partial charge in [-0.2, -0.15) is 0 Å². The van der Waals surface area contributed by atoms with Gasteiger partial charge in [-0.15, -0.1) is 0 Å². The molecule has 156 valence electrons. The highest BCUT2D eigenvalue weighted by atomic mass is 35.5. The largest absolute Gasteiger partial charge is 0.486 e. The Hall–Kier alpha value is -2.49. The van der Waals surface area contributed by atoms with Gasteiger partial charge in [-0.3, -0.25) is 4.79 Å². The van der Waals surface area contributed by atoms with Crippen LogP contribution in [0.2, 0.25) is 5.02 Å². The Kier molecular flexibility index (Phi) is 6.51. The van der Waals surface area contributed by atoms with E-state index in [4.69, 9.17) is 25.8 Å². The van der Waals surface area contributed by atoms with Crippen molar-refractivity contribution in [3.8, 4) is 17.2 Å². The normalized spacial score (nSPS) is 13.2. The molecule has 2 aromatic carbocycles. The molecule has 1 aliphatic heterocycles. The van der Waals surface area contributed by atoms with E-state index in [-0.39, 0.29) is 28.3 Å². The molecule has 10 heteroatoms. The van der Waals surface area contributed by atoms with Crippen LogP contribution in [-0.2, 0) is 14.8 Å². The van der Waals surface area contributed by atoms with E-state index in [0.717, 1.165) is 0 Å². The van der Waals surface area contributed by atoms with Crippen LogP contribution in [0.1, 0.15) is 13.8 Å².